The van der Waals surface area contributed by atoms with Gasteiger partial charge in [0.1, 0.15) is 0 Å². The fourth-order valence-electron chi connectivity index (χ4n) is 5.35. The molecule has 0 aromatic heterocycles. The second-order valence-electron chi connectivity index (χ2n) is 9.06. The summed E-state index contributed by atoms with van der Waals surface area (Å²) in [6.45, 7) is 14.5. The summed E-state index contributed by atoms with van der Waals surface area (Å²) in [6, 6.07) is 0. The quantitative estimate of drug-likeness (QED) is 0.755. The second-order valence-corrected chi connectivity index (χ2v) is 9.06. The Labute approximate surface area is 136 Å². The van der Waals surface area contributed by atoms with Crippen LogP contribution in [0.15, 0.2) is 24.8 Å². The SMILES string of the molecule is C=C[C@@](C)(O)/C=C/[C@@H]1[C@@]2(C)CCCC(C)(C)[C@@H]2CC[C@@]1(C)O. The Morgan fingerprint density at radius 3 is 2.36 bits per heavy atom. The monoisotopic (exact) mass is 306 g/mol. The largest absolute Gasteiger partial charge is 0.390 e. The maximum atomic E-state index is 11.0. The Morgan fingerprint density at radius 2 is 1.77 bits per heavy atom. The Balaban J connectivity index is 2.40. The van der Waals surface area contributed by atoms with E-state index in [2.05, 4.69) is 33.4 Å². The zero-order valence-corrected chi connectivity index (χ0v) is 15.0. The first-order valence-corrected chi connectivity index (χ1v) is 8.72. The first-order chi connectivity index (χ1) is 9.95. The molecule has 0 aromatic carbocycles. The van der Waals surface area contributed by atoms with Gasteiger partial charge in [0.05, 0.1) is 11.2 Å². The maximum Gasteiger partial charge on any atom is 0.0978 e. The van der Waals surface area contributed by atoms with Crippen molar-refractivity contribution >= 4 is 0 Å². The minimum atomic E-state index is -1.01. The molecule has 2 saturated carbocycles. The van der Waals surface area contributed by atoms with E-state index in [1.807, 2.05) is 13.0 Å². The molecule has 5 atom stereocenters. The minimum absolute atomic E-state index is 0.0738. The Hall–Kier alpha value is -0.600. The standard InChI is InChI=1S/C20H34O2/c1-7-18(4,21)13-9-16-19(5)12-8-11-17(2,3)15(19)10-14-20(16,6)22/h7,9,13,15-16,21-22H,1,8,10-12,14H2,2-6H3/b13-9+/t15-,16+,18+,19-,20+/m0/s1. The molecule has 2 heteroatoms. The molecule has 0 saturated heterocycles. The minimum Gasteiger partial charge on any atom is -0.390 e. The molecule has 0 aliphatic heterocycles. The van der Waals surface area contributed by atoms with Crippen LogP contribution in [0.1, 0.15) is 66.7 Å². The number of aliphatic hydroxyl groups is 2. The average molecular weight is 306 g/mol. The van der Waals surface area contributed by atoms with Gasteiger partial charge in [0, 0.05) is 5.92 Å². The van der Waals surface area contributed by atoms with Crippen LogP contribution < -0.4 is 0 Å². The van der Waals surface area contributed by atoms with E-state index in [1.54, 1.807) is 13.0 Å². The zero-order valence-electron chi connectivity index (χ0n) is 15.0. The van der Waals surface area contributed by atoms with Gasteiger partial charge in [-0.3, -0.25) is 0 Å². The van der Waals surface area contributed by atoms with Crippen molar-refractivity contribution in [1.82, 2.24) is 0 Å². The van der Waals surface area contributed by atoms with E-state index in [1.165, 1.54) is 12.8 Å². The van der Waals surface area contributed by atoms with E-state index in [9.17, 15) is 10.2 Å². The van der Waals surface area contributed by atoms with Crippen LogP contribution in [0.3, 0.4) is 0 Å². The lowest BCUT2D eigenvalue weighted by atomic mass is 9.45. The van der Waals surface area contributed by atoms with Gasteiger partial charge in [-0.1, -0.05) is 52.0 Å². The van der Waals surface area contributed by atoms with Gasteiger partial charge in [-0.05, 0) is 56.3 Å². The highest BCUT2D eigenvalue weighted by atomic mass is 16.3. The van der Waals surface area contributed by atoms with E-state index in [-0.39, 0.29) is 11.3 Å². The molecule has 2 fully saturated rings. The molecule has 2 aliphatic rings. The average Bonchev–Trinajstić information content (AvgIpc) is 2.35. The van der Waals surface area contributed by atoms with Gasteiger partial charge < -0.3 is 10.2 Å². The van der Waals surface area contributed by atoms with Crippen molar-refractivity contribution in [3.63, 3.8) is 0 Å². The molecular weight excluding hydrogens is 272 g/mol. The fourth-order valence-corrected chi connectivity index (χ4v) is 5.35. The first kappa shape index (κ1) is 17.7. The Morgan fingerprint density at radius 1 is 1.14 bits per heavy atom. The highest BCUT2D eigenvalue weighted by Gasteiger charge is 2.57. The van der Waals surface area contributed by atoms with Gasteiger partial charge >= 0.3 is 0 Å². The molecule has 2 nitrogen and oxygen atoms in total. The van der Waals surface area contributed by atoms with Crippen LogP contribution in [0.5, 0.6) is 0 Å². The fraction of sp³-hybridized carbons (Fsp3) is 0.800. The van der Waals surface area contributed by atoms with Crippen molar-refractivity contribution in [2.75, 3.05) is 0 Å². The highest BCUT2D eigenvalue weighted by molar-refractivity contribution is 5.17. The maximum absolute atomic E-state index is 11.0. The summed E-state index contributed by atoms with van der Waals surface area (Å²) >= 11 is 0. The van der Waals surface area contributed by atoms with Crippen molar-refractivity contribution in [3.05, 3.63) is 24.8 Å². The molecule has 0 unspecified atom stereocenters. The summed E-state index contributed by atoms with van der Waals surface area (Å²) in [5.41, 5.74) is -1.29. The van der Waals surface area contributed by atoms with Crippen LogP contribution in [-0.2, 0) is 0 Å². The van der Waals surface area contributed by atoms with E-state index < -0.39 is 11.2 Å². The molecule has 0 heterocycles. The van der Waals surface area contributed by atoms with Gasteiger partial charge in [0.15, 0.2) is 0 Å². The third-order valence-corrected chi connectivity index (χ3v) is 6.63. The molecule has 2 aliphatic carbocycles. The predicted octanol–water partition coefficient (Wildman–Crippen LogP) is 4.47. The lowest BCUT2D eigenvalue weighted by Crippen LogP contribution is -2.57. The van der Waals surface area contributed by atoms with Gasteiger partial charge in [0.2, 0.25) is 0 Å². The van der Waals surface area contributed by atoms with Crippen LogP contribution in [0.4, 0.5) is 0 Å². The van der Waals surface area contributed by atoms with Crippen molar-refractivity contribution in [3.8, 4) is 0 Å². The van der Waals surface area contributed by atoms with Crippen LogP contribution in [0.2, 0.25) is 0 Å². The van der Waals surface area contributed by atoms with Gasteiger partial charge in [-0.15, -0.1) is 0 Å². The normalized spacial score (nSPS) is 44.3. The first-order valence-electron chi connectivity index (χ1n) is 8.72. The summed E-state index contributed by atoms with van der Waals surface area (Å²) in [5.74, 6) is 0.696. The summed E-state index contributed by atoms with van der Waals surface area (Å²) in [5, 5.41) is 21.2. The molecule has 126 valence electrons. The number of hydrogen-bond donors (Lipinski definition) is 2. The van der Waals surface area contributed by atoms with Gasteiger partial charge in [-0.2, -0.15) is 0 Å². The van der Waals surface area contributed by atoms with E-state index in [0.29, 0.717) is 11.3 Å². The number of hydrogen-bond acceptors (Lipinski definition) is 2. The second kappa shape index (κ2) is 5.49. The van der Waals surface area contributed by atoms with Gasteiger partial charge in [0.25, 0.3) is 0 Å². The van der Waals surface area contributed by atoms with Crippen molar-refractivity contribution in [2.45, 2.75) is 77.9 Å². The molecule has 0 amide bonds. The Bertz CT molecular complexity index is 458. The third kappa shape index (κ3) is 3.05. The van der Waals surface area contributed by atoms with Crippen LogP contribution in [-0.4, -0.2) is 21.4 Å². The highest BCUT2D eigenvalue weighted by Crippen LogP contribution is 2.62. The number of fused-ring (bicyclic) bond motifs is 1. The van der Waals surface area contributed by atoms with Crippen LogP contribution in [0.25, 0.3) is 0 Å². The van der Waals surface area contributed by atoms with E-state index >= 15 is 0 Å². The van der Waals surface area contributed by atoms with Crippen molar-refractivity contribution in [1.29, 1.82) is 0 Å². The summed E-state index contributed by atoms with van der Waals surface area (Å²) in [6.07, 6.45) is 11.0. The lowest BCUT2D eigenvalue weighted by Gasteiger charge is -2.60. The summed E-state index contributed by atoms with van der Waals surface area (Å²) in [7, 11) is 0. The van der Waals surface area contributed by atoms with E-state index in [4.69, 9.17) is 0 Å². The summed E-state index contributed by atoms with van der Waals surface area (Å²) in [4.78, 5) is 0. The van der Waals surface area contributed by atoms with Crippen molar-refractivity contribution in [2.24, 2.45) is 22.7 Å². The molecule has 2 N–H and O–H groups in total. The smallest absolute Gasteiger partial charge is 0.0978 e. The summed E-state index contributed by atoms with van der Waals surface area (Å²) < 4.78 is 0. The topological polar surface area (TPSA) is 40.5 Å². The Kier molecular flexibility index (Phi) is 4.43. The molecule has 0 spiro atoms. The molecule has 22 heavy (non-hydrogen) atoms. The predicted molar refractivity (Wildman–Crippen MR) is 92.5 cm³/mol. The van der Waals surface area contributed by atoms with Crippen LogP contribution >= 0.6 is 0 Å². The lowest BCUT2D eigenvalue weighted by molar-refractivity contribution is -0.149. The van der Waals surface area contributed by atoms with E-state index in [0.717, 1.165) is 19.3 Å². The zero-order chi connectivity index (χ0) is 16.8. The molecule has 0 aromatic rings. The molecule has 2 rings (SSSR count). The molecule has 0 radical (unpaired) electrons. The van der Waals surface area contributed by atoms with Crippen LogP contribution in [0, 0.1) is 22.7 Å². The number of rotatable bonds is 3. The van der Waals surface area contributed by atoms with Crippen molar-refractivity contribution < 1.29 is 10.2 Å². The van der Waals surface area contributed by atoms with Gasteiger partial charge in [-0.25, -0.2) is 0 Å². The third-order valence-electron chi connectivity index (χ3n) is 6.63. The molecule has 0 bridgehead atoms. The molecular formula is C20H34O2.